The number of hydrogen-bond acceptors (Lipinski definition) is 5. The molecule has 1 aromatic heterocycles. The Hall–Kier alpha value is -1.36. The van der Waals surface area contributed by atoms with Crippen LogP contribution in [0.15, 0.2) is 0 Å². The number of nitrogens with zero attached hydrogens (tertiary/aromatic N) is 2. The van der Waals surface area contributed by atoms with Gasteiger partial charge in [-0.1, -0.05) is 33.6 Å². The smallest absolute Gasteiger partial charge is 0.135 e. The minimum absolute atomic E-state index is 0.228. The molecule has 118 valence electrons. The van der Waals surface area contributed by atoms with Crippen LogP contribution in [0, 0.1) is 12.8 Å². The molecule has 2 atom stereocenters. The molecule has 1 aliphatic rings. The maximum absolute atomic E-state index is 10.7. The van der Waals surface area contributed by atoms with Gasteiger partial charge in [0.25, 0.3) is 0 Å². The second-order valence-electron chi connectivity index (χ2n) is 6.87. The van der Waals surface area contributed by atoms with Crippen LogP contribution in [-0.4, -0.2) is 27.2 Å². The summed E-state index contributed by atoms with van der Waals surface area (Å²) >= 11 is 0. The molecule has 1 aromatic rings. The first kappa shape index (κ1) is 16.0. The highest BCUT2D eigenvalue weighted by molar-refractivity contribution is 5.55. The van der Waals surface area contributed by atoms with Gasteiger partial charge in [-0.3, -0.25) is 0 Å². The fourth-order valence-corrected chi connectivity index (χ4v) is 3.02. The van der Waals surface area contributed by atoms with Crippen molar-refractivity contribution in [3.63, 3.8) is 0 Å². The average molecular weight is 292 g/mol. The lowest BCUT2D eigenvalue weighted by Crippen LogP contribution is -2.41. The molecule has 0 radical (unpaired) electrons. The van der Waals surface area contributed by atoms with Gasteiger partial charge in [-0.2, -0.15) is 0 Å². The molecule has 1 fully saturated rings. The van der Waals surface area contributed by atoms with Crippen molar-refractivity contribution < 1.29 is 5.11 Å². The number of aliphatic hydroxyl groups is 1. The lowest BCUT2D eigenvalue weighted by atomic mass is 9.79. The third-order valence-corrected chi connectivity index (χ3v) is 4.37. The van der Waals surface area contributed by atoms with Crippen LogP contribution in [0.25, 0.3) is 0 Å². The molecule has 5 heteroatoms. The van der Waals surface area contributed by atoms with E-state index < -0.39 is 5.60 Å². The summed E-state index contributed by atoms with van der Waals surface area (Å²) in [6.45, 7) is 8.73. The average Bonchev–Trinajstić information content (AvgIpc) is 2.39. The zero-order chi connectivity index (χ0) is 15.6. The summed E-state index contributed by atoms with van der Waals surface area (Å²) in [5.41, 5.74) is 6.19. The van der Waals surface area contributed by atoms with Crippen molar-refractivity contribution in [1.29, 1.82) is 0 Å². The number of nitrogen functional groups attached to an aromatic ring is 1. The minimum atomic E-state index is -0.637. The number of hydrogen-bond donors (Lipinski definition) is 3. The van der Waals surface area contributed by atoms with E-state index in [4.69, 9.17) is 5.73 Å². The van der Waals surface area contributed by atoms with E-state index in [2.05, 4.69) is 22.2 Å². The van der Waals surface area contributed by atoms with E-state index in [1.54, 1.807) is 0 Å². The molecule has 1 heterocycles. The highest BCUT2D eigenvalue weighted by Gasteiger charge is 2.32. The Balaban J connectivity index is 2.12. The predicted octanol–water partition coefficient (Wildman–Crippen LogP) is 2.84. The third-order valence-electron chi connectivity index (χ3n) is 4.37. The van der Waals surface area contributed by atoms with Gasteiger partial charge in [0.15, 0.2) is 0 Å². The van der Waals surface area contributed by atoms with Crippen LogP contribution in [0.3, 0.4) is 0 Å². The molecule has 1 aliphatic carbocycles. The molecule has 1 saturated carbocycles. The largest absolute Gasteiger partial charge is 0.388 e. The second-order valence-corrected chi connectivity index (χ2v) is 6.87. The number of anilines is 2. The van der Waals surface area contributed by atoms with Crippen molar-refractivity contribution in [2.24, 2.45) is 5.92 Å². The SMILES string of the molecule is Cc1c(N)nc(C(C)C)nc1NCC1(O)CCCC(C)C1. The summed E-state index contributed by atoms with van der Waals surface area (Å²) in [5, 5.41) is 14.0. The van der Waals surface area contributed by atoms with Crippen LogP contribution in [0.4, 0.5) is 11.6 Å². The number of nitrogens with two attached hydrogens (primary N) is 1. The Kier molecular flexibility index (Phi) is 4.71. The minimum Gasteiger partial charge on any atom is -0.388 e. The molecular formula is C16H28N4O. The zero-order valence-electron chi connectivity index (χ0n) is 13.6. The standard InChI is InChI=1S/C16H28N4O/c1-10(2)14-19-13(17)12(4)15(20-14)18-9-16(21)7-5-6-11(3)8-16/h10-11,21H,5-9H2,1-4H3,(H3,17,18,19,20). The van der Waals surface area contributed by atoms with Gasteiger partial charge in [-0.05, 0) is 25.7 Å². The van der Waals surface area contributed by atoms with Crippen molar-refractivity contribution >= 4 is 11.6 Å². The number of nitrogens with one attached hydrogen (secondary N) is 1. The lowest BCUT2D eigenvalue weighted by molar-refractivity contribution is -0.000838. The third kappa shape index (κ3) is 3.84. The van der Waals surface area contributed by atoms with Gasteiger partial charge in [0.2, 0.25) is 0 Å². The molecule has 0 bridgehead atoms. The Labute approximate surface area is 127 Å². The Bertz CT molecular complexity index is 503. The van der Waals surface area contributed by atoms with E-state index in [9.17, 15) is 5.11 Å². The number of rotatable bonds is 4. The van der Waals surface area contributed by atoms with Crippen LogP contribution < -0.4 is 11.1 Å². The van der Waals surface area contributed by atoms with Crippen molar-refractivity contribution in [1.82, 2.24) is 9.97 Å². The quantitative estimate of drug-likeness (QED) is 0.794. The maximum atomic E-state index is 10.7. The van der Waals surface area contributed by atoms with E-state index in [0.29, 0.717) is 18.3 Å². The maximum Gasteiger partial charge on any atom is 0.135 e. The second kappa shape index (κ2) is 6.18. The number of aromatic nitrogens is 2. The molecule has 5 nitrogen and oxygen atoms in total. The summed E-state index contributed by atoms with van der Waals surface area (Å²) < 4.78 is 0. The summed E-state index contributed by atoms with van der Waals surface area (Å²) in [5.74, 6) is 2.81. The van der Waals surface area contributed by atoms with E-state index >= 15 is 0 Å². The first-order valence-corrected chi connectivity index (χ1v) is 7.91. The van der Waals surface area contributed by atoms with Gasteiger partial charge in [0.1, 0.15) is 17.5 Å². The highest BCUT2D eigenvalue weighted by Crippen LogP contribution is 2.32. The van der Waals surface area contributed by atoms with Crippen molar-refractivity contribution in [2.75, 3.05) is 17.6 Å². The van der Waals surface area contributed by atoms with Gasteiger partial charge < -0.3 is 16.2 Å². The van der Waals surface area contributed by atoms with E-state index in [1.807, 2.05) is 20.8 Å². The van der Waals surface area contributed by atoms with Gasteiger partial charge >= 0.3 is 0 Å². The molecule has 0 saturated heterocycles. The summed E-state index contributed by atoms with van der Waals surface area (Å²) in [4.78, 5) is 8.88. The van der Waals surface area contributed by atoms with Crippen LogP contribution in [0.2, 0.25) is 0 Å². The predicted molar refractivity (Wildman–Crippen MR) is 86.3 cm³/mol. The molecule has 0 aromatic carbocycles. The van der Waals surface area contributed by atoms with Gasteiger partial charge in [0, 0.05) is 18.0 Å². The molecule has 0 aliphatic heterocycles. The summed E-state index contributed by atoms with van der Waals surface area (Å²) in [7, 11) is 0. The van der Waals surface area contributed by atoms with Crippen LogP contribution in [0.1, 0.15) is 63.8 Å². The first-order valence-electron chi connectivity index (χ1n) is 7.91. The van der Waals surface area contributed by atoms with Crippen molar-refractivity contribution in [3.8, 4) is 0 Å². The van der Waals surface area contributed by atoms with E-state index in [-0.39, 0.29) is 5.92 Å². The molecular weight excluding hydrogens is 264 g/mol. The van der Waals surface area contributed by atoms with E-state index in [1.165, 1.54) is 6.42 Å². The van der Waals surface area contributed by atoms with Crippen LogP contribution in [0.5, 0.6) is 0 Å². The summed E-state index contributed by atoms with van der Waals surface area (Å²) in [6.07, 6.45) is 3.98. The fourth-order valence-electron chi connectivity index (χ4n) is 3.02. The zero-order valence-corrected chi connectivity index (χ0v) is 13.6. The van der Waals surface area contributed by atoms with Crippen molar-refractivity contribution in [3.05, 3.63) is 11.4 Å². The molecule has 21 heavy (non-hydrogen) atoms. The molecule has 2 rings (SSSR count). The Morgan fingerprint density at radius 2 is 2.14 bits per heavy atom. The molecule has 0 amide bonds. The van der Waals surface area contributed by atoms with Crippen LogP contribution in [-0.2, 0) is 0 Å². The van der Waals surface area contributed by atoms with Gasteiger partial charge in [-0.15, -0.1) is 0 Å². The Morgan fingerprint density at radius 1 is 1.43 bits per heavy atom. The topological polar surface area (TPSA) is 84.1 Å². The molecule has 4 N–H and O–H groups in total. The normalized spacial score (nSPS) is 26.1. The molecule has 2 unspecified atom stereocenters. The van der Waals surface area contributed by atoms with Gasteiger partial charge in [0.05, 0.1) is 5.60 Å². The highest BCUT2D eigenvalue weighted by atomic mass is 16.3. The van der Waals surface area contributed by atoms with Gasteiger partial charge in [-0.25, -0.2) is 9.97 Å². The van der Waals surface area contributed by atoms with Crippen molar-refractivity contribution in [2.45, 2.75) is 64.9 Å². The van der Waals surface area contributed by atoms with E-state index in [0.717, 1.165) is 36.5 Å². The Morgan fingerprint density at radius 3 is 2.76 bits per heavy atom. The monoisotopic (exact) mass is 292 g/mol. The first-order chi connectivity index (χ1) is 9.81. The molecule has 0 spiro atoms. The van der Waals surface area contributed by atoms with Crippen LogP contribution >= 0.6 is 0 Å². The fraction of sp³-hybridized carbons (Fsp3) is 0.750. The lowest BCUT2D eigenvalue weighted by Gasteiger charge is -2.36. The summed E-state index contributed by atoms with van der Waals surface area (Å²) in [6, 6.07) is 0.